The van der Waals surface area contributed by atoms with Gasteiger partial charge in [0.25, 0.3) is 0 Å². The molecule has 0 radical (unpaired) electrons. The van der Waals surface area contributed by atoms with Crippen molar-refractivity contribution >= 4 is 28.9 Å². The second-order valence-electron chi connectivity index (χ2n) is 3.42. The summed E-state index contributed by atoms with van der Waals surface area (Å²) in [5.41, 5.74) is 7.10. The number of ether oxygens (including phenoxy) is 1. The van der Waals surface area contributed by atoms with Gasteiger partial charge in [0.05, 0.1) is 10.7 Å². The number of rotatable bonds is 3. The van der Waals surface area contributed by atoms with E-state index in [1.807, 2.05) is 12.1 Å². The molecule has 2 aromatic rings. The summed E-state index contributed by atoms with van der Waals surface area (Å²) in [4.78, 5) is 3.94. The van der Waals surface area contributed by atoms with Crippen LogP contribution in [0.2, 0.25) is 10.2 Å². The Morgan fingerprint density at radius 2 is 2.00 bits per heavy atom. The third-order valence-corrected chi connectivity index (χ3v) is 2.76. The number of halogens is 2. The van der Waals surface area contributed by atoms with E-state index in [4.69, 9.17) is 33.7 Å². The molecule has 1 heterocycles. The van der Waals surface area contributed by atoms with Gasteiger partial charge in [0.2, 0.25) is 0 Å². The van der Waals surface area contributed by atoms with Crippen molar-refractivity contribution in [3.05, 3.63) is 52.3 Å². The summed E-state index contributed by atoms with van der Waals surface area (Å²) in [6.45, 7) is 0.303. The van der Waals surface area contributed by atoms with E-state index < -0.39 is 0 Å². The number of hydrogen-bond acceptors (Lipinski definition) is 3. The van der Waals surface area contributed by atoms with Crippen molar-refractivity contribution in [2.45, 2.75) is 6.61 Å². The molecule has 3 nitrogen and oxygen atoms in total. The number of hydrogen-bond donors (Lipinski definition) is 1. The number of nitrogens with two attached hydrogens (primary N) is 1. The summed E-state index contributed by atoms with van der Waals surface area (Å²) >= 11 is 11.7. The van der Waals surface area contributed by atoms with Gasteiger partial charge in [-0.05, 0) is 18.2 Å². The average molecular weight is 269 g/mol. The van der Waals surface area contributed by atoms with Crippen LogP contribution in [-0.4, -0.2) is 4.98 Å². The molecule has 0 aliphatic rings. The fourth-order valence-corrected chi connectivity index (χ4v) is 1.73. The SMILES string of the molecule is Nc1ccccc1OCc1cnc(Cl)cc1Cl. The van der Waals surface area contributed by atoms with Crippen LogP contribution in [0.4, 0.5) is 5.69 Å². The topological polar surface area (TPSA) is 48.1 Å². The standard InChI is InChI=1S/C12H10Cl2N2O/c13-9-5-12(14)16-6-8(9)7-17-11-4-2-1-3-10(11)15/h1-6H,7,15H2. The van der Waals surface area contributed by atoms with E-state index in [2.05, 4.69) is 4.98 Å². The minimum atomic E-state index is 0.303. The Balaban J connectivity index is 2.10. The number of benzene rings is 1. The van der Waals surface area contributed by atoms with Crippen molar-refractivity contribution in [3.63, 3.8) is 0 Å². The zero-order valence-electron chi connectivity index (χ0n) is 8.86. The molecule has 0 atom stereocenters. The van der Waals surface area contributed by atoms with E-state index in [0.29, 0.717) is 28.2 Å². The molecule has 0 fully saturated rings. The Hall–Kier alpha value is -1.45. The van der Waals surface area contributed by atoms with E-state index in [0.717, 1.165) is 5.56 Å². The van der Waals surface area contributed by atoms with Crippen LogP contribution in [0.1, 0.15) is 5.56 Å². The molecule has 0 amide bonds. The van der Waals surface area contributed by atoms with Crippen LogP contribution >= 0.6 is 23.2 Å². The van der Waals surface area contributed by atoms with Crippen molar-refractivity contribution in [3.8, 4) is 5.75 Å². The van der Waals surface area contributed by atoms with Crippen molar-refractivity contribution in [2.75, 3.05) is 5.73 Å². The Morgan fingerprint density at radius 3 is 2.71 bits per heavy atom. The molecule has 0 bridgehead atoms. The first-order valence-corrected chi connectivity index (χ1v) is 5.69. The predicted molar refractivity (Wildman–Crippen MR) is 69.4 cm³/mol. The van der Waals surface area contributed by atoms with Crippen LogP contribution in [0.25, 0.3) is 0 Å². The van der Waals surface area contributed by atoms with E-state index in [1.165, 1.54) is 0 Å². The fourth-order valence-electron chi connectivity index (χ4n) is 1.31. The Labute approximate surface area is 109 Å². The molecule has 17 heavy (non-hydrogen) atoms. The second-order valence-corrected chi connectivity index (χ2v) is 4.22. The summed E-state index contributed by atoms with van der Waals surface area (Å²) in [7, 11) is 0. The molecule has 0 saturated carbocycles. The van der Waals surface area contributed by atoms with Crippen LogP contribution in [0.15, 0.2) is 36.5 Å². The van der Waals surface area contributed by atoms with Gasteiger partial charge in [0, 0.05) is 11.8 Å². The lowest BCUT2D eigenvalue weighted by molar-refractivity contribution is 0.307. The number of aromatic nitrogens is 1. The highest BCUT2D eigenvalue weighted by molar-refractivity contribution is 6.34. The van der Waals surface area contributed by atoms with E-state index in [1.54, 1.807) is 24.4 Å². The normalized spacial score (nSPS) is 10.2. The molecule has 5 heteroatoms. The van der Waals surface area contributed by atoms with Crippen molar-refractivity contribution in [2.24, 2.45) is 0 Å². The van der Waals surface area contributed by atoms with Gasteiger partial charge in [0.15, 0.2) is 0 Å². The summed E-state index contributed by atoms with van der Waals surface area (Å²) < 4.78 is 5.55. The van der Waals surface area contributed by atoms with Crippen molar-refractivity contribution < 1.29 is 4.74 Å². The largest absolute Gasteiger partial charge is 0.487 e. The molecule has 0 saturated heterocycles. The first-order valence-electron chi connectivity index (χ1n) is 4.94. The second kappa shape index (κ2) is 5.25. The monoisotopic (exact) mass is 268 g/mol. The maximum Gasteiger partial charge on any atom is 0.142 e. The molecule has 1 aromatic carbocycles. The maximum atomic E-state index is 6.00. The molecule has 2 N–H and O–H groups in total. The first kappa shape index (κ1) is 12.0. The number of para-hydroxylation sites is 2. The summed E-state index contributed by atoms with van der Waals surface area (Å²) in [6, 6.07) is 8.85. The minimum Gasteiger partial charge on any atom is -0.487 e. The van der Waals surface area contributed by atoms with E-state index in [9.17, 15) is 0 Å². The van der Waals surface area contributed by atoms with E-state index >= 15 is 0 Å². The summed E-state index contributed by atoms with van der Waals surface area (Å²) in [5, 5.41) is 0.887. The molecule has 2 rings (SSSR count). The molecule has 0 spiro atoms. The van der Waals surface area contributed by atoms with Crippen LogP contribution in [0, 0.1) is 0 Å². The summed E-state index contributed by atoms with van der Waals surface area (Å²) in [5.74, 6) is 0.624. The number of pyridine rings is 1. The van der Waals surface area contributed by atoms with Crippen LogP contribution < -0.4 is 10.5 Å². The first-order chi connectivity index (χ1) is 8.16. The van der Waals surface area contributed by atoms with Gasteiger partial charge < -0.3 is 10.5 Å². The zero-order chi connectivity index (χ0) is 12.3. The van der Waals surface area contributed by atoms with Gasteiger partial charge in [0.1, 0.15) is 17.5 Å². The van der Waals surface area contributed by atoms with Crippen LogP contribution in [0.5, 0.6) is 5.75 Å². The third kappa shape index (κ3) is 3.02. The lowest BCUT2D eigenvalue weighted by Crippen LogP contribution is -1.99. The van der Waals surface area contributed by atoms with Crippen molar-refractivity contribution in [1.82, 2.24) is 4.98 Å². The van der Waals surface area contributed by atoms with Gasteiger partial charge in [-0.1, -0.05) is 35.3 Å². The highest BCUT2D eigenvalue weighted by Gasteiger charge is 2.04. The average Bonchev–Trinajstić information content (AvgIpc) is 2.30. The minimum absolute atomic E-state index is 0.303. The molecule has 0 aliphatic heterocycles. The molecule has 0 unspecified atom stereocenters. The Morgan fingerprint density at radius 1 is 1.24 bits per heavy atom. The van der Waals surface area contributed by atoms with Gasteiger partial charge in [-0.3, -0.25) is 0 Å². The molecule has 0 aliphatic carbocycles. The number of nitrogens with zero attached hydrogens (tertiary/aromatic N) is 1. The van der Waals surface area contributed by atoms with Gasteiger partial charge in [-0.15, -0.1) is 0 Å². The van der Waals surface area contributed by atoms with E-state index in [-0.39, 0.29) is 0 Å². The lowest BCUT2D eigenvalue weighted by atomic mass is 10.3. The number of nitrogen functional groups attached to an aromatic ring is 1. The van der Waals surface area contributed by atoms with Gasteiger partial charge in [-0.25, -0.2) is 4.98 Å². The van der Waals surface area contributed by atoms with Crippen molar-refractivity contribution in [1.29, 1.82) is 0 Å². The Bertz CT molecular complexity index is 532. The lowest BCUT2D eigenvalue weighted by Gasteiger charge is -2.09. The smallest absolute Gasteiger partial charge is 0.142 e. The summed E-state index contributed by atoms with van der Waals surface area (Å²) in [6.07, 6.45) is 1.59. The zero-order valence-corrected chi connectivity index (χ0v) is 10.4. The Kier molecular flexibility index (Phi) is 3.71. The maximum absolute atomic E-state index is 6.00. The quantitative estimate of drug-likeness (QED) is 0.684. The van der Waals surface area contributed by atoms with Crippen LogP contribution in [-0.2, 0) is 6.61 Å². The highest BCUT2D eigenvalue weighted by atomic mass is 35.5. The molecule has 1 aromatic heterocycles. The highest BCUT2D eigenvalue weighted by Crippen LogP contribution is 2.24. The molecule has 88 valence electrons. The third-order valence-electron chi connectivity index (χ3n) is 2.20. The molecular weight excluding hydrogens is 259 g/mol. The molecular formula is C12H10Cl2N2O. The number of anilines is 1. The van der Waals surface area contributed by atoms with Gasteiger partial charge in [-0.2, -0.15) is 0 Å². The van der Waals surface area contributed by atoms with Crippen LogP contribution in [0.3, 0.4) is 0 Å². The fraction of sp³-hybridized carbons (Fsp3) is 0.0833. The predicted octanol–water partition coefficient (Wildman–Crippen LogP) is 3.55. The van der Waals surface area contributed by atoms with Gasteiger partial charge >= 0.3 is 0 Å².